The van der Waals surface area contributed by atoms with Crippen LogP contribution in [0.1, 0.15) is 82.6 Å². The molecule has 3 heterocycles. The molecule has 0 fully saturated rings. The van der Waals surface area contributed by atoms with Crippen molar-refractivity contribution in [2.75, 3.05) is 4.90 Å². The molecule has 4 aromatic carbocycles. The van der Waals surface area contributed by atoms with E-state index in [0.717, 1.165) is 17.9 Å². The number of benzene rings is 4. The van der Waals surface area contributed by atoms with Crippen LogP contribution in [0.4, 0.5) is 17.1 Å². The molecule has 0 spiro atoms. The van der Waals surface area contributed by atoms with Crippen LogP contribution in [0.15, 0.2) is 72.8 Å². The molecule has 0 N–H and O–H groups in total. The van der Waals surface area contributed by atoms with Gasteiger partial charge in [-0.05, 0) is 119 Å². The number of rotatable bonds is 4. The van der Waals surface area contributed by atoms with Gasteiger partial charge < -0.3 is 9.64 Å². The van der Waals surface area contributed by atoms with Crippen molar-refractivity contribution in [1.29, 1.82) is 0 Å². The smallest absolute Gasteiger partial charge is 0.268 e. The maximum absolute atomic E-state index is 6.67. The molecule has 2 aliphatic heterocycles. The Balaban J connectivity index is 1.44. The van der Waals surface area contributed by atoms with Crippen LogP contribution >= 0.6 is 11.3 Å². The van der Waals surface area contributed by atoms with E-state index in [-0.39, 0.29) is 17.5 Å². The molecular weight excluding hydrogens is 541 g/mol. The number of nitrogens with zero attached hydrogens (tertiary/aromatic N) is 1. The Labute approximate surface area is 260 Å². The summed E-state index contributed by atoms with van der Waals surface area (Å²) in [5.74, 6) is 1.98. The monoisotopic (exact) mass is 581 g/mol. The zero-order valence-corrected chi connectivity index (χ0v) is 27.1. The second-order valence-corrected chi connectivity index (χ2v) is 15.4. The van der Waals surface area contributed by atoms with E-state index in [1.54, 1.807) is 0 Å². The summed E-state index contributed by atoms with van der Waals surface area (Å²) in [6, 6.07) is 27.9. The predicted molar refractivity (Wildman–Crippen MR) is 186 cm³/mol. The maximum atomic E-state index is 6.67. The first-order valence-electron chi connectivity index (χ1n) is 16.1. The summed E-state index contributed by atoms with van der Waals surface area (Å²) in [6.45, 7) is 14.3. The second kappa shape index (κ2) is 9.50. The van der Waals surface area contributed by atoms with Crippen LogP contribution in [0.5, 0.6) is 11.5 Å². The Morgan fingerprint density at radius 3 is 2.47 bits per heavy atom. The van der Waals surface area contributed by atoms with E-state index in [9.17, 15) is 0 Å². The molecule has 0 amide bonds. The maximum Gasteiger partial charge on any atom is 0.268 e. The van der Waals surface area contributed by atoms with Crippen molar-refractivity contribution in [3.8, 4) is 11.5 Å². The summed E-state index contributed by atoms with van der Waals surface area (Å²) >= 11 is 1.97. The first-order chi connectivity index (χ1) is 20.7. The molecule has 1 aromatic heterocycles. The van der Waals surface area contributed by atoms with Gasteiger partial charge in [-0.2, -0.15) is 0 Å². The van der Waals surface area contributed by atoms with E-state index in [1.807, 2.05) is 11.3 Å². The van der Waals surface area contributed by atoms with Crippen LogP contribution in [0, 0.1) is 6.92 Å². The van der Waals surface area contributed by atoms with Crippen LogP contribution in [0.2, 0.25) is 0 Å². The molecule has 5 aromatic rings. The summed E-state index contributed by atoms with van der Waals surface area (Å²) in [7, 11) is 0. The summed E-state index contributed by atoms with van der Waals surface area (Å²) < 4.78 is 9.46. The molecule has 0 saturated carbocycles. The third-order valence-corrected chi connectivity index (χ3v) is 11.6. The third-order valence-electron chi connectivity index (χ3n) is 10.4. The summed E-state index contributed by atoms with van der Waals surface area (Å²) in [5.41, 5.74) is 12.4. The third kappa shape index (κ3) is 4.05. The fourth-order valence-corrected chi connectivity index (χ4v) is 9.18. The minimum Gasteiger partial charge on any atom is -0.458 e. The van der Waals surface area contributed by atoms with Crippen molar-refractivity contribution < 1.29 is 4.74 Å². The molecule has 43 heavy (non-hydrogen) atoms. The largest absolute Gasteiger partial charge is 0.458 e. The lowest BCUT2D eigenvalue weighted by atomic mass is 9.37. The van der Waals surface area contributed by atoms with Gasteiger partial charge in [0, 0.05) is 26.2 Å². The number of hydrogen-bond acceptors (Lipinski definition) is 3. The summed E-state index contributed by atoms with van der Waals surface area (Å²) in [6.07, 6.45) is 5.98. The lowest BCUT2D eigenvalue weighted by molar-refractivity contribution is 0.332. The van der Waals surface area contributed by atoms with Gasteiger partial charge in [-0.1, -0.05) is 71.4 Å². The van der Waals surface area contributed by atoms with Crippen LogP contribution in [-0.4, -0.2) is 6.71 Å². The van der Waals surface area contributed by atoms with Crippen molar-refractivity contribution in [1.82, 2.24) is 0 Å². The molecule has 0 atom stereocenters. The van der Waals surface area contributed by atoms with Crippen molar-refractivity contribution in [3.63, 3.8) is 0 Å². The molecule has 3 aliphatic rings. The summed E-state index contributed by atoms with van der Waals surface area (Å²) in [4.78, 5) is 2.59. The molecule has 4 heteroatoms. The van der Waals surface area contributed by atoms with Gasteiger partial charge in [-0.15, -0.1) is 11.3 Å². The highest BCUT2D eigenvalue weighted by Crippen LogP contribution is 2.50. The average Bonchev–Trinajstić information content (AvgIpc) is 3.36. The van der Waals surface area contributed by atoms with E-state index in [0.29, 0.717) is 0 Å². The topological polar surface area (TPSA) is 12.5 Å². The van der Waals surface area contributed by atoms with Crippen molar-refractivity contribution in [2.45, 2.75) is 84.5 Å². The highest BCUT2D eigenvalue weighted by atomic mass is 32.1. The van der Waals surface area contributed by atoms with Gasteiger partial charge in [-0.3, -0.25) is 0 Å². The molecule has 1 aliphatic carbocycles. The molecule has 0 saturated heterocycles. The van der Waals surface area contributed by atoms with Crippen LogP contribution in [0.3, 0.4) is 0 Å². The van der Waals surface area contributed by atoms with E-state index in [2.05, 4.69) is 119 Å². The Hall–Kier alpha value is -3.50. The molecule has 0 unspecified atom stereocenters. The molecule has 0 radical (unpaired) electrons. The average molecular weight is 582 g/mol. The number of para-hydroxylation sites is 1. The van der Waals surface area contributed by atoms with Gasteiger partial charge >= 0.3 is 0 Å². The lowest BCUT2D eigenvalue weighted by Crippen LogP contribution is -2.58. The number of aryl methyl sites for hydroxylation is 2. The lowest BCUT2D eigenvalue weighted by Gasteiger charge is -2.43. The SMILES string of the molecule is CCCCc1ccc2sc3c(c2c1)N(c1ccc2c(c1)C(C)(C)CCC2(C)C)c1cc(C)cc2c1B3c1ccccc1O2. The van der Waals surface area contributed by atoms with Gasteiger partial charge in [-0.25, -0.2) is 0 Å². The number of fused-ring (bicyclic) bond motifs is 7. The number of thiophene rings is 1. The van der Waals surface area contributed by atoms with Crippen molar-refractivity contribution in [2.24, 2.45) is 0 Å². The summed E-state index contributed by atoms with van der Waals surface area (Å²) in [5, 5.41) is 1.38. The van der Waals surface area contributed by atoms with Gasteiger partial charge in [0.2, 0.25) is 0 Å². The number of hydrogen-bond donors (Lipinski definition) is 0. The zero-order valence-electron chi connectivity index (χ0n) is 26.3. The van der Waals surface area contributed by atoms with E-state index < -0.39 is 0 Å². The van der Waals surface area contributed by atoms with Gasteiger partial charge in [0.05, 0.1) is 5.69 Å². The Kier molecular flexibility index (Phi) is 5.98. The quantitative estimate of drug-likeness (QED) is 0.192. The first-order valence-corrected chi connectivity index (χ1v) is 16.9. The minimum atomic E-state index is 0.139. The van der Waals surface area contributed by atoms with Gasteiger partial charge in [0.25, 0.3) is 6.71 Å². The van der Waals surface area contributed by atoms with Crippen LogP contribution < -0.4 is 25.3 Å². The molecule has 8 rings (SSSR count). The van der Waals surface area contributed by atoms with Crippen molar-refractivity contribution in [3.05, 3.63) is 95.1 Å². The minimum absolute atomic E-state index is 0.139. The predicted octanol–water partition coefficient (Wildman–Crippen LogP) is 9.31. The highest BCUT2D eigenvalue weighted by Gasteiger charge is 2.45. The first kappa shape index (κ1) is 27.1. The highest BCUT2D eigenvalue weighted by molar-refractivity contribution is 7.33. The number of anilines is 3. The standard InChI is InChI=1S/C39H40BNOS/c1-7-8-11-25-14-17-34-27(22-25)36-37(43-34)40-30-12-9-10-13-32(30)42-33-21-24(2)20-31(35(33)40)41(36)26-15-16-28-29(23-26)39(5,6)19-18-38(28,3)4/h9-10,12-17,20-23H,7-8,11,18-19H2,1-6H3. The Bertz CT molecular complexity index is 1930. The fourth-order valence-electron chi connectivity index (χ4n) is 7.88. The van der Waals surface area contributed by atoms with E-state index >= 15 is 0 Å². The number of ether oxygens (including phenoxy) is 1. The zero-order chi connectivity index (χ0) is 29.7. The Morgan fingerprint density at radius 1 is 0.860 bits per heavy atom. The van der Waals surface area contributed by atoms with Crippen molar-refractivity contribution >= 4 is 60.9 Å². The molecular formula is C39H40BNOS. The van der Waals surface area contributed by atoms with Crippen LogP contribution in [0.25, 0.3) is 10.1 Å². The van der Waals surface area contributed by atoms with E-state index in [4.69, 9.17) is 4.74 Å². The molecule has 216 valence electrons. The Morgan fingerprint density at radius 2 is 1.65 bits per heavy atom. The van der Waals surface area contributed by atoms with Gasteiger partial charge in [0.15, 0.2) is 0 Å². The molecule has 2 nitrogen and oxygen atoms in total. The molecule has 0 bridgehead atoms. The fraction of sp³-hybridized carbons (Fsp3) is 0.333. The number of unbranched alkanes of at least 4 members (excludes halogenated alkanes) is 1. The second-order valence-electron chi connectivity index (χ2n) is 14.4. The van der Waals surface area contributed by atoms with E-state index in [1.165, 1.54) is 90.8 Å². The van der Waals surface area contributed by atoms with Gasteiger partial charge in [0.1, 0.15) is 11.5 Å². The normalized spacial score (nSPS) is 17.2. The van der Waals surface area contributed by atoms with Crippen LogP contribution in [-0.2, 0) is 17.3 Å².